The van der Waals surface area contributed by atoms with Crippen LogP contribution in [0.25, 0.3) is 5.65 Å². The molecule has 2 aromatic heterocycles. The lowest BCUT2D eigenvalue weighted by molar-refractivity contribution is -0.140. The number of fused-ring (bicyclic) bond motifs is 1. The summed E-state index contributed by atoms with van der Waals surface area (Å²) >= 11 is 0. The number of hydrogen-bond donors (Lipinski definition) is 2. The third-order valence-electron chi connectivity index (χ3n) is 4.01. The molecule has 0 saturated heterocycles. The SMILES string of the molecule is Cc1cc2ncnn2c(N[C@H](c2ccc(C(F)(F)F)c(F)c2)C(C)(C)O)n1. The van der Waals surface area contributed by atoms with Crippen molar-refractivity contribution in [2.24, 2.45) is 0 Å². The van der Waals surface area contributed by atoms with E-state index in [1.807, 2.05) is 0 Å². The van der Waals surface area contributed by atoms with Crippen LogP contribution in [0.1, 0.15) is 36.7 Å². The molecule has 2 N–H and O–H groups in total. The van der Waals surface area contributed by atoms with Crippen LogP contribution in [0.5, 0.6) is 0 Å². The molecule has 0 aliphatic heterocycles. The lowest BCUT2D eigenvalue weighted by Crippen LogP contribution is -2.35. The van der Waals surface area contributed by atoms with Gasteiger partial charge in [0.15, 0.2) is 5.65 Å². The number of nitrogens with one attached hydrogen (secondary N) is 1. The fraction of sp³-hybridized carbons (Fsp3) is 0.353. The molecule has 2 heterocycles. The fourth-order valence-electron chi connectivity index (χ4n) is 2.78. The Morgan fingerprint density at radius 3 is 2.48 bits per heavy atom. The maximum atomic E-state index is 14.0. The van der Waals surface area contributed by atoms with Gasteiger partial charge in [0, 0.05) is 11.8 Å². The largest absolute Gasteiger partial charge is 0.419 e. The van der Waals surface area contributed by atoms with E-state index in [0.29, 0.717) is 17.4 Å². The Morgan fingerprint density at radius 2 is 1.89 bits per heavy atom. The average molecular weight is 383 g/mol. The molecule has 0 aliphatic rings. The second-order valence-corrected chi connectivity index (χ2v) is 6.72. The molecular weight excluding hydrogens is 366 g/mol. The van der Waals surface area contributed by atoms with Crippen LogP contribution in [0.15, 0.2) is 30.6 Å². The number of rotatable bonds is 4. The van der Waals surface area contributed by atoms with Crippen LogP contribution in [0, 0.1) is 12.7 Å². The molecule has 10 heteroatoms. The van der Waals surface area contributed by atoms with Gasteiger partial charge in [-0.05, 0) is 38.5 Å². The summed E-state index contributed by atoms with van der Waals surface area (Å²) < 4.78 is 53.8. The van der Waals surface area contributed by atoms with Gasteiger partial charge >= 0.3 is 6.18 Å². The summed E-state index contributed by atoms with van der Waals surface area (Å²) in [7, 11) is 0. The highest BCUT2D eigenvalue weighted by atomic mass is 19.4. The van der Waals surface area contributed by atoms with Gasteiger partial charge in [0.1, 0.15) is 12.1 Å². The van der Waals surface area contributed by atoms with Crippen molar-refractivity contribution in [3.05, 3.63) is 53.2 Å². The van der Waals surface area contributed by atoms with Gasteiger partial charge in [0.05, 0.1) is 17.2 Å². The maximum Gasteiger partial charge on any atom is 0.419 e. The third kappa shape index (κ3) is 3.85. The summed E-state index contributed by atoms with van der Waals surface area (Å²) in [6, 6.07) is 3.26. The van der Waals surface area contributed by atoms with E-state index in [1.54, 1.807) is 13.0 Å². The second kappa shape index (κ2) is 6.45. The van der Waals surface area contributed by atoms with Crippen molar-refractivity contribution in [2.75, 3.05) is 5.32 Å². The average Bonchev–Trinajstić information content (AvgIpc) is 2.98. The summed E-state index contributed by atoms with van der Waals surface area (Å²) in [6.07, 6.45) is -3.48. The molecule has 0 aliphatic carbocycles. The van der Waals surface area contributed by atoms with Gasteiger partial charge in [-0.3, -0.25) is 0 Å². The number of aliphatic hydroxyl groups is 1. The Labute approximate surface area is 151 Å². The molecule has 1 aromatic carbocycles. The molecule has 0 bridgehead atoms. The summed E-state index contributed by atoms with van der Waals surface area (Å²) in [6.45, 7) is 4.64. The highest BCUT2D eigenvalue weighted by Crippen LogP contribution is 2.35. The number of hydrogen-bond acceptors (Lipinski definition) is 5. The predicted octanol–water partition coefficient (Wildman–Crippen LogP) is 3.51. The first-order valence-electron chi connectivity index (χ1n) is 8.00. The molecule has 0 saturated carbocycles. The number of aromatic nitrogens is 4. The lowest BCUT2D eigenvalue weighted by Gasteiger charge is -2.31. The minimum Gasteiger partial charge on any atom is -0.388 e. The van der Waals surface area contributed by atoms with Crippen molar-refractivity contribution < 1.29 is 22.7 Å². The molecular formula is C17H17F4N5O. The molecule has 3 rings (SSSR count). The maximum absolute atomic E-state index is 14.0. The van der Waals surface area contributed by atoms with Crippen LogP contribution in [0.3, 0.4) is 0 Å². The monoisotopic (exact) mass is 383 g/mol. The third-order valence-corrected chi connectivity index (χ3v) is 4.01. The van der Waals surface area contributed by atoms with Crippen molar-refractivity contribution in [2.45, 2.75) is 38.6 Å². The lowest BCUT2D eigenvalue weighted by atomic mass is 9.91. The van der Waals surface area contributed by atoms with Gasteiger partial charge in [0.25, 0.3) is 0 Å². The zero-order valence-electron chi connectivity index (χ0n) is 14.7. The Morgan fingerprint density at radius 1 is 1.19 bits per heavy atom. The smallest absolute Gasteiger partial charge is 0.388 e. The Balaban J connectivity index is 2.05. The van der Waals surface area contributed by atoms with Crippen LogP contribution in [-0.4, -0.2) is 30.3 Å². The van der Waals surface area contributed by atoms with E-state index < -0.39 is 29.2 Å². The number of halogens is 4. The molecule has 27 heavy (non-hydrogen) atoms. The number of benzene rings is 1. The zero-order chi connectivity index (χ0) is 20.0. The highest BCUT2D eigenvalue weighted by Gasteiger charge is 2.36. The number of aryl methyl sites for hydroxylation is 1. The summed E-state index contributed by atoms with van der Waals surface area (Å²) in [5.41, 5.74) is -1.58. The van der Waals surface area contributed by atoms with Gasteiger partial charge in [-0.15, -0.1) is 0 Å². The topological polar surface area (TPSA) is 75.3 Å². The van der Waals surface area contributed by atoms with Gasteiger partial charge in [-0.2, -0.15) is 22.8 Å². The minimum atomic E-state index is -4.80. The van der Waals surface area contributed by atoms with Crippen molar-refractivity contribution in [1.29, 1.82) is 0 Å². The summed E-state index contributed by atoms with van der Waals surface area (Å²) in [4.78, 5) is 8.36. The molecule has 0 amide bonds. The molecule has 0 unspecified atom stereocenters. The second-order valence-electron chi connectivity index (χ2n) is 6.72. The standard InChI is InChI=1S/C17H17F4N5O/c1-9-6-13-22-8-23-26(13)15(24-9)25-14(16(2,3)27)10-4-5-11(12(18)7-10)17(19,20)21/h4-8,14,27H,1-3H3,(H,24,25)/t14-/m1/s1. The van der Waals surface area contributed by atoms with E-state index in [9.17, 15) is 22.7 Å². The number of anilines is 1. The molecule has 0 fully saturated rings. The van der Waals surface area contributed by atoms with E-state index in [4.69, 9.17) is 0 Å². The quantitative estimate of drug-likeness (QED) is 0.675. The number of nitrogens with zero attached hydrogens (tertiary/aromatic N) is 4. The fourth-order valence-corrected chi connectivity index (χ4v) is 2.78. The highest BCUT2D eigenvalue weighted by molar-refractivity contribution is 5.47. The van der Waals surface area contributed by atoms with E-state index in [0.717, 1.165) is 12.1 Å². The van der Waals surface area contributed by atoms with Crippen LogP contribution >= 0.6 is 0 Å². The molecule has 6 nitrogen and oxygen atoms in total. The van der Waals surface area contributed by atoms with E-state index in [2.05, 4.69) is 20.4 Å². The normalized spacial score (nSPS) is 13.8. The first-order valence-corrected chi connectivity index (χ1v) is 8.00. The van der Waals surface area contributed by atoms with Crippen LogP contribution in [0.4, 0.5) is 23.5 Å². The van der Waals surface area contributed by atoms with Gasteiger partial charge in [0.2, 0.25) is 5.95 Å². The van der Waals surface area contributed by atoms with Crippen LogP contribution in [0.2, 0.25) is 0 Å². The van der Waals surface area contributed by atoms with Crippen LogP contribution < -0.4 is 5.32 Å². The van der Waals surface area contributed by atoms with Crippen LogP contribution in [-0.2, 0) is 6.18 Å². The van der Waals surface area contributed by atoms with Crippen molar-refractivity contribution in [3.63, 3.8) is 0 Å². The van der Waals surface area contributed by atoms with E-state index in [-0.39, 0.29) is 11.5 Å². The summed E-state index contributed by atoms with van der Waals surface area (Å²) in [5.74, 6) is -1.20. The Kier molecular flexibility index (Phi) is 4.54. The molecule has 0 radical (unpaired) electrons. The number of alkyl halides is 3. The molecule has 3 aromatic rings. The molecule has 1 atom stereocenters. The van der Waals surface area contributed by atoms with E-state index in [1.165, 1.54) is 24.7 Å². The first-order chi connectivity index (χ1) is 12.5. The van der Waals surface area contributed by atoms with Crippen molar-refractivity contribution in [3.8, 4) is 0 Å². The van der Waals surface area contributed by atoms with Gasteiger partial charge < -0.3 is 10.4 Å². The Hall–Kier alpha value is -2.75. The minimum absolute atomic E-state index is 0.129. The van der Waals surface area contributed by atoms with Gasteiger partial charge in [-0.1, -0.05) is 6.07 Å². The van der Waals surface area contributed by atoms with Gasteiger partial charge in [-0.25, -0.2) is 14.4 Å². The molecule has 0 spiro atoms. The van der Waals surface area contributed by atoms with Crippen molar-refractivity contribution in [1.82, 2.24) is 19.6 Å². The summed E-state index contributed by atoms with van der Waals surface area (Å²) in [5, 5.41) is 17.5. The first kappa shape index (κ1) is 19.0. The van der Waals surface area contributed by atoms with E-state index >= 15 is 0 Å². The molecule has 144 valence electrons. The van der Waals surface area contributed by atoms with Crippen molar-refractivity contribution >= 4 is 11.6 Å². The zero-order valence-corrected chi connectivity index (χ0v) is 14.7. The predicted molar refractivity (Wildman–Crippen MR) is 89.6 cm³/mol. The Bertz CT molecular complexity index is 978.